The van der Waals surface area contributed by atoms with Gasteiger partial charge in [-0.05, 0) is 65.7 Å². The second kappa shape index (κ2) is 16.0. The molecule has 40 heavy (non-hydrogen) atoms. The Morgan fingerprint density at radius 3 is 1.95 bits per heavy atom. The lowest BCUT2D eigenvalue weighted by atomic mass is 10.2. The van der Waals surface area contributed by atoms with Crippen molar-refractivity contribution in [3.8, 4) is 5.75 Å². The first-order chi connectivity index (χ1) is 19.1. The summed E-state index contributed by atoms with van der Waals surface area (Å²) in [7, 11) is 4.17. The number of esters is 2. The topological polar surface area (TPSA) is 134 Å². The minimum absolute atomic E-state index is 0.313. The van der Waals surface area contributed by atoms with Gasteiger partial charge in [-0.3, -0.25) is 9.59 Å². The van der Waals surface area contributed by atoms with Gasteiger partial charge in [0, 0.05) is 11.1 Å². The Kier molecular flexibility index (Phi) is 12.8. The molecule has 4 aromatic rings. The molecule has 12 heteroatoms. The van der Waals surface area contributed by atoms with E-state index in [0.717, 1.165) is 5.56 Å². The summed E-state index contributed by atoms with van der Waals surface area (Å²) in [5.74, 6) is -0.558. The van der Waals surface area contributed by atoms with E-state index < -0.39 is 11.2 Å². The highest BCUT2D eigenvalue weighted by molar-refractivity contribution is 7.13. The maximum atomic E-state index is 12.1. The van der Waals surface area contributed by atoms with E-state index >= 15 is 0 Å². The number of carbonyl (C=O) groups is 4. The van der Waals surface area contributed by atoms with Gasteiger partial charge in [-0.15, -0.1) is 22.7 Å². The van der Waals surface area contributed by atoms with Crippen LogP contribution in [-0.2, 0) is 9.47 Å². The van der Waals surface area contributed by atoms with E-state index in [0.29, 0.717) is 38.0 Å². The van der Waals surface area contributed by atoms with Gasteiger partial charge >= 0.3 is 11.9 Å². The molecule has 3 N–H and O–H groups in total. The van der Waals surface area contributed by atoms with Crippen molar-refractivity contribution in [1.82, 2.24) is 0 Å². The van der Waals surface area contributed by atoms with Gasteiger partial charge in [0.1, 0.15) is 15.5 Å². The van der Waals surface area contributed by atoms with Crippen LogP contribution in [0.15, 0.2) is 71.4 Å². The molecule has 0 unspecified atom stereocenters. The van der Waals surface area contributed by atoms with Crippen LogP contribution in [0.4, 0.5) is 11.4 Å². The van der Waals surface area contributed by atoms with Crippen molar-refractivity contribution >= 4 is 68.7 Å². The number of nitrogens with one attached hydrogen (secondary N) is 1. The average molecular weight is 603 g/mol. The number of hydrogen-bond acceptors (Lipinski definition) is 10. The minimum atomic E-state index is -0.471. The first-order valence-corrected chi connectivity index (χ1v) is 13.5. The van der Waals surface area contributed by atoms with Gasteiger partial charge in [0.15, 0.2) is 0 Å². The summed E-state index contributed by atoms with van der Waals surface area (Å²) in [5.41, 5.74) is 8.40. The van der Waals surface area contributed by atoms with Gasteiger partial charge < -0.3 is 25.3 Å². The molecule has 0 aliphatic heterocycles. The smallest absolute Gasteiger partial charge is 0.350 e. The summed E-state index contributed by atoms with van der Waals surface area (Å²) in [4.78, 5) is 45.9. The Bertz CT molecular complexity index is 1470. The lowest BCUT2D eigenvalue weighted by Gasteiger charge is -2.06. The number of aryl methyl sites for hydroxylation is 1. The van der Waals surface area contributed by atoms with Crippen LogP contribution in [0.1, 0.15) is 45.6 Å². The summed E-state index contributed by atoms with van der Waals surface area (Å²) in [5, 5.41) is 5.76. The van der Waals surface area contributed by atoms with E-state index in [1.54, 1.807) is 59.3 Å². The van der Waals surface area contributed by atoms with Gasteiger partial charge in [0.05, 0.1) is 32.7 Å². The standard InChI is InChI=1S/C14H13NO4S.C8H7ClO.C6H7NO2S/c1-18-10-5-3-4-9(8-10)13(16)15-11-6-7-20-12(11)14(17)19-2;1-6-3-2-4-7(5-6)8(9)10;1-9-6(8)5-4(7)2-3-10-5/h3-8H,1-2H3,(H,15,16);2-5H,1H3;2-3H,7H2,1H3. The summed E-state index contributed by atoms with van der Waals surface area (Å²) >= 11 is 7.73. The molecule has 0 atom stereocenters. The van der Waals surface area contributed by atoms with E-state index in [1.165, 1.54) is 44.0 Å². The molecular weight excluding hydrogens is 576 g/mol. The molecule has 0 fully saturated rings. The van der Waals surface area contributed by atoms with Crippen LogP contribution in [0.2, 0.25) is 0 Å². The van der Waals surface area contributed by atoms with Crippen molar-refractivity contribution in [2.45, 2.75) is 6.92 Å². The Hall–Kier alpha value is -4.19. The zero-order valence-electron chi connectivity index (χ0n) is 22.1. The molecule has 2 heterocycles. The number of ether oxygens (including phenoxy) is 3. The molecular formula is C28H27ClN2O7S2. The molecule has 0 aliphatic rings. The highest BCUT2D eigenvalue weighted by Gasteiger charge is 2.16. The minimum Gasteiger partial charge on any atom is -0.497 e. The van der Waals surface area contributed by atoms with Crippen molar-refractivity contribution in [2.24, 2.45) is 0 Å². The van der Waals surface area contributed by atoms with Crippen LogP contribution in [0, 0.1) is 6.92 Å². The van der Waals surface area contributed by atoms with E-state index in [1.807, 2.05) is 19.1 Å². The molecule has 2 aromatic carbocycles. The monoisotopic (exact) mass is 602 g/mol. The number of nitrogen functional groups attached to an aromatic ring is 1. The third-order valence-electron chi connectivity index (χ3n) is 4.93. The fourth-order valence-electron chi connectivity index (χ4n) is 2.96. The Labute approximate surface area is 244 Å². The first kappa shape index (κ1) is 32.0. The molecule has 0 spiro atoms. The average Bonchev–Trinajstić information content (AvgIpc) is 3.61. The van der Waals surface area contributed by atoms with E-state index in [-0.39, 0.29) is 11.9 Å². The van der Waals surface area contributed by atoms with Crippen LogP contribution < -0.4 is 15.8 Å². The first-order valence-electron chi connectivity index (χ1n) is 11.4. The number of amides is 1. The van der Waals surface area contributed by atoms with Crippen LogP contribution in [0.25, 0.3) is 0 Å². The zero-order chi connectivity index (χ0) is 29.7. The van der Waals surface area contributed by atoms with Crippen LogP contribution in [0.3, 0.4) is 0 Å². The second-order valence-corrected chi connectivity index (χ2v) is 9.86. The van der Waals surface area contributed by atoms with Gasteiger partial charge in [-0.2, -0.15) is 0 Å². The second-order valence-electron chi connectivity index (χ2n) is 7.68. The maximum absolute atomic E-state index is 12.1. The number of methoxy groups -OCH3 is 3. The predicted octanol–water partition coefficient (Wildman–Crippen LogP) is 6.29. The van der Waals surface area contributed by atoms with Crippen molar-refractivity contribution in [1.29, 1.82) is 0 Å². The summed E-state index contributed by atoms with van der Waals surface area (Å²) in [6.45, 7) is 1.92. The third kappa shape index (κ3) is 9.53. The fourth-order valence-corrected chi connectivity index (χ4v) is 4.58. The number of rotatable bonds is 6. The molecule has 2 aromatic heterocycles. The largest absolute Gasteiger partial charge is 0.497 e. The Balaban J connectivity index is 0.000000235. The number of hydrogen-bond donors (Lipinski definition) is 2. The lowest BCUT2D eigenvalue weighted by molar-refractivity contribution is 0.0598. The molecule has 0 radical (unpaired) electrons. The van der Waals surface area contributed by atoms with E-state index in [2.05, 4.69) is 14.8 Å². The highest BCUT2D eigenvalue weighted by atomic mass is 35.5. The van der Waals surface area contributed by atoms with Gasteiger partial charge in [-0.25, -0.2) is 9.59 Å². The number of anilines is 2. The molecule has 0 bridgehead atoms. The van der Waals surface area contributed by atoms with Crippen LogP contribution in [-0.4, -0.2) is 44.4 Å². The molecule has 0 saturated carbocycles. The summed E-state index contributed by atoms with van der Waals surface area (Å²) < 4.78 is 14.2. The van der Waals surface area contributed by atoms with Crippen LogP contribution >= 0.6 is 34.3 Å². The number of thiophene rings is 2. The molecule has 0 saturated heterocycles. The Morgan fingerprint density at radius 2 is 1.40 bits per heavy atom. The quantitative estimate of drug-likeness (QED) is 0.194. The third-order valence-corrected chi connectivity index (χ3v) is 6.95. The Morgan fingerprint density at radius 1 is 0.800 bits per heavy atom. The van der Waals surface area contributed by atoms with Crippen LogP contribution in [0.5, 0.6) is 5.75 Å². The van der Waals surface area contributed by atoms with E-state index in [4.69, 9.17) is 22.1 Å². The maximum Gasteiger partial charge on any atom is 0.350 e. The molecule has 1 amide bonds. The van der Waals surface area contributed by atoms with Crippen molar-refractivity contribution in [2.75, 3.05) is 32.4 Å². The number of halogens is 1. The predicted molar refractivity (Wildman–Crippen MR) is 158 cm³/mol. The van der Waals surface area contributed by atoms with E-state index in [9.17, 15) is 19.2 Å². The van der Waals surface area contributed by atoms with Crippen molar-refractivity contribution in [3.63, 3.8) is 0 Å². The molecule has 210 valence electrons. The molecule has 0 aliphatic carbocycles. The SMILES string of the molecule is COC(=O)c1sccc1N.COC(=O)c1sccc1NC(=O)c1cccc(OC)c1.Cc1cccc(C(=O)Cl)c1. The zero-order valence-corrected chi connectivity index (χ0v) is 24.4. The van der Waals surface area contributed by atoms with Crippen molar-refractivity contribution < 1.29 is 33.4 Å². The fraction of sp³-hybridized carbons (Fsp3) is 0.143. The summed E-state index contributed by atoms with van der Waals surface area (Å²) in [6.07, 6.45) is 0. The summed E-state index contributed by atoms with van der Waals surface area (Å²) in [6, 6.07) is 17.3. The molecule has 9 nitrogen and oxygen atoms in total. The van der Waals surface area contributed by atoms with Gasteiger partial charge in [-0.1, -0.05) is 29.8 Å². The highest BCUT2D eigenvalue weighted by Crippen LogP contribution is 2.24. The van der Waals surface area contributed by atoms with Crippen molar-refractivity contribution in [3.05, 3.63) is 97.9 Å². The number of carbonyl (C=O) groups excluding carboxylic acids is 4. The van der Waals surface area contributed by atoms with Gasteiger partial charge in [0.25, 0.3) is 11.1 Å². The normalized spacial score (nSPS) is 9.62. The number of nitrogens with two attached hydrogens (primary N) is 1. The lowest BCUT2D eigenvalue weighted by Crippen LogP contribution is -2.14. The molecule has 4 rings (SSSR count). The number of benzene rings is 2. The van der Waals surface area contributed by atoms with Gasteiger partial charge in [0.2, 0.25) is 0 Å².